The van der Waals surface area contributed by atoms with E-state index < -0.39 is 5.91 Å². The number of rotatable bonds is 5. The Kier molecular flexibility index (Phi) is 3.92. The quantitative estimate of drug-likeness (QED) is 0.676. The molecule has 1 atom stereocenters. The highest BCUT2D eigenvalue weighted by Gasteiger charge is 2.34. The lowest BCUT2D eigenvalue weighted by molar-refractivity contribution is -0.00621. The number of carbonyl (C=O) groups excluding carboxylic acids is 1. The Morgan fingerprint density at radius 3 is 2.95 bits per heavy atom. The summed E-state index contributed by atoms with van der Waals surface area (Å²) in [6.07, 6.45) is 0.817. The molecule has 6 nitrogen and oxygen atoms in total. The summed E-state index contributed by atoms with van der Waals surface area (Å²) in [4.78, 5) is 11.4. The molecule has 0 radical (unpaired) electrons. The van der Waals surface area contributed by atoms with Gasteiger partial charge in [0.15, 0.2) is 0 Å². The molecule has 2 rings (SSSR count). The third-order valence-corrected chi connectivity index (χ3v) is 3.41. The number of methoxy groups -OCH3 is 1. The molecule has 5 N–H and O–H groups in total. The van der Waals surface area contributed by atoms with Crippen LogP contribution in [-0.2, 0) is 9.47 Å². The molecular weight excluding hydrogens is 246 g/mol. The lowest BCUT2D eigenvalue weighted by atomic mass is 10.0. The summed E-state index contributed by atoms with van der Waals surface area (Å²) in [5.41, 5.74) is 12.2. The van der Waals surface area contributed by atoms with Gasteiger partial charge < -0.3 is 26.3 Å². The van der Waals surface area contributed by atoms with Gasteiger partial charge in [0.25, 0.3) is 5.91 Å². The SMILES string of the molecule is COC1(CNc2ccc(N)cc2C(N)=O)CCOC1. The van der Waals surface area contributed by atoms with Crippen molar-refractivity contribution in [2.45, 2.75) is 12.0 Å². The maximum Gasteiger partial charge on any atom is 0.250 e. The van der Waals surface area contributed by atoms with E-state index in [1.165, 1.54) is 0 Å². The van der Waals surface area contributed by atoms with E-state index in [0.29, 0.717) is 36.7 Å². The number of amides is 1. The third-order valence-electron chi connectivity index (χ3n) is 3.41. The minimum absolute atomic E-state index is 0.351. The van der Waals surface area contributed by atoms with Crippen molar-refractivity contribution in [1.29, 1.82) is 0 Å². The summed E-state index contributed by atoms with van der Waals surface area (Å²) < 4.78 is 10.9. The zero-order chi connectivity index (χ0) is 13.9. The average molecular weight is 265 g/mol. The number of ether oxygens (including phenoxy) is 2. The first-order valence-electron chi connectivity index (χ1n) is 6.12. The fourth-order valence-corrected chi connectivity index (χ4v) is 2.14. The highest BCUT2D eigenvalue weighted by molar-refractivity contribution is 5.99. The Morgan fingerprint density at radius 2 is 2.37 bits per heavy atom. The molecule has 0 aliphatic carbocycles. The van der Waals surface area contributed by atoms with Crippen LogP contribution in [0.2, 0.25) is 0 Å². The van der Waals surface area contributed by atoms with Crippen molar-refractivity contribution in [3.05, 3.63) is 23.8 Å². The first-order valence-corrected chi connectivity index (χ1v) is 6.12. The standard InChI is InChI=1S/C13H19N3O3/c1-18-13(4-5-19-8-13)7-16-11-3-2-9(14)6-10(11)12(15)17/h2-3,6,16H,4-5,7-8,14H2,1H3,(H2,15,17). The van der Waals surface area contributed by atoms with Gasteiger partial charge in [-0.2, -0.15) is 0 Å². The van der Waals surface area contributed by atoms with Crippen molar-refractivity contribution in [1.82, 2.24) is 0 Å². The van der Waals surface area contributed by atoms with Crippen LogP contribution in [0.5, 0.6) is 0 Å². The van der Waals surface area contributed by atoms with E-state index in [9.17, 15) is 4.79 Å². The van der Waals surface area contributed by atoms with Crippen molar-refractivity contribution >= 4 is 17.3 Å². The van der Waals surface area contributed by atoms with Gasteiger partial charge in [-0.3, -0.25) is 4.79 Å². The number of primary amides is 1. The van der Waals surface area contributed by atoms with Crippen LogP contribution < -0.4 is 16.8 Å². The third kappa shape index (κ3) is 2.97. The highest BCUT2D eigenvalue weighted by Crippen LogP contribution is 2.25. The van der Waals surface area contributed by atoms with Crippen molar-refractivity contribution in [3.8, 4) is 0 Å². The van der Waals surface area contributed by atoms with Gasteiger partial charge in [0.1, 0.15) is 5.60 Å². The van der Waals surface area contributed by atoms with Crippen LogP contribution in [0.3, 0.4) is 0 Å². The number of nitrogens with one attached hydrogen (secondary N) is 1. The van der Waals surface area contributed by atoms with Crippen LogP contribution in [0.4, 0.5) is 11.4 Å². The summed E-state index contributed by atoms with van der Waals surface area (Å²) in [6.45, 7) is 1.77. The topological polar surface area (TPSA) is 99.6 Å². The molecule has 1 amide bonds. The Balaban J connectivity index is 2.13. The average Bonchev–Trinajstić information content (AvgIpc) is 2.86. The number of hydrogen-bond donors (Lipinski definition) is 3. The molecule has 1 saturated heterocycles. The molecule has 1 unspecified atom stereocenters. The number of benzene rings is 1. The van der Waals surface area contributed by atoms with Crippen LogP contribution >= 0.6 is 0 Å². The van der Waals surface area contributed by atoms with Crippen LogP contribution in [0.25, 0.3) is 0 Å². The summed E-state index contributed by atoms with van der Waals surface area (Å²) in [5, 5.41) is 3.19. The summed E-state index contributed by atoms with van der Waals surface area (Å²) in [6, 6.07) is 5.03. The summed E-state index contributed by atoms with van der Waals surface area (Å²) in [5.74, 6) is -0.510. The number of nitrogen functional groups attached to an aromatic ring is 1. The molecular formula is C13H19N3O3. The molecule has 19 heavy (non-hydrogen) atoms. The maximum atomic E-state index is 11.4. The summed E-state index contributed by atoms with van der Waals surface area (Å²) in [7, 11) is 1.66. The van der Waals surface area contributed by atoms with E-state index in [1.54, 1.807) is 25.3 Å². The van der Waals surface area contributed by atoms with Gasteiger partial charge in [-0.1, -0.05) is 0 Å². The predicted molar refractivity (Wildman–Crippen MR) is 73.0 cm³/mol. The predicted octanol–water partition coefficient (Wildman–Crippen LogP) is 0.585. The number of carbonyl (C=O) groups is 1. The molecule has 1 aliphatic heterocycles. The molecule has 0 spiro atoms. The number of nitrogens with two attached hydrogens (primary N) is 2. The van der Waals surface area contributed by atoms with Gasteiger partial charge in [-0.15, -0.1) is 0 Å². The second kappa shape index (κ2) is 5.46. The van der Waals surface area contributed by atoms with Gasteiger partial charge in [-0.25, -0.2) is 0 Å². The fourth-order valence-electron chi connectivity index (χ4n) is 2.14. The highest BCUT2D eigenvalue weighted by atomic mass is 16.5. The van der Waals surface area contributed by atoms with Gasteiger partial charge in [0, 0.05) is 38.1 Å². The van der Waals surface area contributed by atoms with E-state index in [4.69, 9.17) is 20.9 Å². The molecule has 1 aliphatic rings. The first kappa shape index (κ1) is 13.6. The van der Waals surface area contributed by atoms with Crippen LogP contribution in [0.1, 0.15) is 16.8 Å². The van der Waals surface area contributed by atoms with Gasteiger partial charge in [-0.05, 0) is 18.2 Å². The lowest BCUT2D eigenvalue weighted by Gasteiger charge is -2.27. The normalized spacial score (nSPS) is 22.4. The van der Waals surface area contributed by atoms with E-state index in [-0.39, 0.29) is 5.60 Å². The molecule has 0 aromatic heterocycles. The maximum absolute atomic E-state index is 11.4. The van der Waals surface area contributed by atoms with E-state index in [2.05, 4.69) is 5.32 Å². The van der Waals surface area contributed by atoms with Gasteiger partial charge in [0.2, 0.25) is 0 Å². The van der Waals surface area contributed by atoms with Crippen molar-refractivity contribution in [2.24, 2.45) is 5.73 Å². The minimum atomic E-state index is -0.510. The van der Waals surface area contributed by atoms with Crippen LogP contribution in [-0.4, -0.2) is 38.4 Å². The van der Waals surface area contributed by atoms with Gasteiger partial charge >= 0.3 is 0 Å². The molecule has 0 saturated carbocycles. The van der Waals surface area contributed by atoms with E-state index in [1.807, 2.05) is 0 Å². The lowest BCUT2D eigenvalue weighted by Crippen LogP contribution is -2.39. The Hall–Kier alpha value is -1.79. The minimum Gasteiger partial charge on any atom is -0.399 e. The Bertz CT molecular complexity index is 470. The Morgan fingerprint density at radius 1 is 1.58 bits per heavy atom. The zero-order valence-electron chi connectivity index (χ0n) is 10.9. The summed E-state index contributed by atoms with van der Waals surface area (Å²) >= 11 is 0. The molecule has 0 bridgehead atoms. The fraction of sp³-hybridized carbons (Fsp3) is 0.462. The molecule has 1 aromatic rings. The van der Waals surface area contributed by atoms with Crippen molar-refractivity contribution in [3.63, 3.8) is 0 Å². The second-order valence-corrected chi connectivity index (χ2v) is 4.71. The number of anilines is 2. The Labute approximate surface area is 112 Å². The second-order valence-electron chi connectivity index (χ2n) is 4.71. The molecule has 1 aromatic carbocycles. The zero-order valence-corrected chi connectivity index (χ0v) is 10.9. The van der Waals surface area contributed by atoms with Crippen LogP contribution in [0.15, 0.2) is 18.2 Å². The largest absolute Gasteiger partial charge is 0.399 e. The molecule has 104 valence electrons. The van der Waals surface area contributed by atoms with Crippen molar-refractivity contribution in [2.75, 3.05) is 37.9 Å². The molecule has 1 heterocycles. The monoisotopic (exact) mass is 265 g/mol. The smallest absolute Gasteiger partial charge is 0.250 e. The first-order chi connectivity index (χ1) is 9.06. The van der Waals surface area contributed by atoms with E-state index in [0.717, 1.165) is 6.42 Å². The molecule has 6 heteroatoms. The van der Waals surface area contributed by atoms with Crippen molar-refractivity contribution < 1.29 is 14.3 Å². The van der Waals surface area contributed by atoms with Gasteiger partial charge in [0.05, 0.1) is 12.2 Å². The van der Waals surface area contributed by atoms with Crippen LogP contribution in [0, 0.1) is 0 Å². The molecule has 1 fully saturated rings. The van der Waals surface area contributed by atoms with E-state index >= 15 is 0 Å². The number of hydrogen-bond acceptors (Lipinski definition) is 5.